The molecular formula is C72H114N6O12. The summed E-state index contributed by atoms with van der Waals surface area (Å²) in [6, 6.07) is -3.83. The number of esters is 3. The number of carbonyl (C=O) groups excluding carboxylic acids is 3. The molecule has 3 saturated heterocycles. The van der Waals surface area contributed by atoms with Gasteiger partial charge in [0.15, 0.2) is 34.5 Å². The Bertz CT molecular complexity index is 3990. The summed E-state index contributed by atoms with van der Waals surface area (Å²) in [5, 5.41) is 0. The van der Waals surface area contributed by atoms with E-state index in [2.05, 4.69) is 0 Å². The molecule has 0 radical (unpaired) electrons. The fourth-order valence-electron chi connectivity index (χ4n) is 10.5. The van der Waals surface area contributed by atoms with Gasteiger partial charge in [-0.25, -0.2) is 0 Å². The van der Waals surface area contributed by atoms with Crippen LogP contribution in [0, 0.1) is 53.2 Å². The average Bonchev–Trinajstić information content (AvgIpc) is 0.667. The van der Waals surface area contributed by atoms with Gasteiger partial charge in [-0.1, -0.05) is 83.1 Å². The predicted molar refractivity (Wildman–Crippen MR) is 353 cm³/mol. The van der Waals surface area contributed by atoms with Crippen LogP contribution in [0.25, 0.3) is 0 Å². The largest absolute Gasteiger partial charge is 0.493 e. The van der Waals surface area contributed by atoms with Gasteiger partial charge < -0.3 is 59.8 Å². The molecule has 12 atom stereocenters. The van der Waals surface area contributed by atoms with Crippen molar-refractivity contribution in [2.75, 3.05) is 81.6 Å². The predicted octanol–water partition coefficient (Wildman–Crippen LogP) is 10.7. The number of nitrogens with two attached hydrogens (primary N) is 3. The van der Waals surface area contributed by atoms with Crippen LogP contribution in [-0.4, -0.2) is 151 Å². The summed E-state index contributed by atoms with van der Waals surface area (Å²) in [5.41, 5.74) is 18.7. The molecule has 3 aromatic rings. The van der Waals surface area contributed by atoms with Crippen LogP contribution in [-0.2, 0) is 47.9 Å². The molecule has 18 nitrogen and oxygen atoms in total. The Hall–Kier alpha value is -5.37. The number of fused-ring (bicyclic) bond motifs is 9. The van der Waals surface area contributed by atoms with Gasteiger partial charge in [-0.2, -0.15) is 0 Å². The number of hydrogen-bond donors (Lipinski definition) is 3. The second-order valence-electron chi connectivity index (χ2n) is 25.1. The van der Waals surface area contributed by atoms with Gasteiger partial charge in [0.1, 0.15) is 36.4 Å². The van der Waals surface area contributed by atoms with Crippen LogP contribution >= 0.6 is 0 Å². The Labute approximate surface area is 577 Å². The van der Waals surface area contributed by atoms with Crippen molar-refractivity contribution in [2.45, 2.75) is 195 Å². The Morgan fingerprint density at radius 2 is 0.689 bits per heavy atom. The normalized spacial score (nSPS) is 40.3. The van der Waals surface area contributed by atoms with E-state index in [9.17, 15) is 34.9 Å². The van der Waals surface area contributed by atoms with Crippen molar-refractivity contribution in [3.63, 3.8) is 0 Å². The number of piperidine rings is 3. The van der Waals surface area contributed by atoms with E-state index in [0.29, 0.717) is 11.3 Å². The molecule has 9 rings (SSSR count). The minimum absolute atomic E-state index is 0.0493. The fourth-order valence-corrected chi connectivity index (χ4v) is 10.5. The molecule has 3 aromatic carbocycles. The summed E-state index contributed by atoms with van der Waals surface area (Å²) >= 11 is 0. The highest BCUT2D eigenvalue weighted by Crippen LogP contribution is 2.48. The lowest BCUT2D eigenvalue weighted by atomic mass is 9.79. The van der Waals surface area contributed by atoms with Crippen molar-refractivity contribution >= 4 is 17.9 Å². The number of ether oxygens (including phenoxy) is 9. The molecule has 504 valence electrons. The monoisotopic (exact) mass is 1280 g/mol. The van der Waals surface area contributed by atoms with Gasteiger partial charge >= 0.3 is 17.9 Å². The first kappa shape index (κ1) is 42.8. The first-order chi connectivity index (χ1) is 52.9. The first-order valence-electron chi connectivity index (χ1n) is 44.2. The minimum Gasteiger partial charge on any atom is -0.493 e. The molecule has 6 N–H and O–H groups in total. The molecule has 9 unspecified atom stereocenters. The summed E-state index contributed by atoms with van der Waals surface area (Å²) in [6.45, 7) is 10.9. The van der Waals surface area contributed by atoms with E-state index < -0.39 is 172 Å². The van der Waals surface area contributed by atoms with E-state index in [1.807, 2.05) is 0 Å². The molecule has 0 saturated carbocycles. The SMILES string of the molecule is [2H]C([2H])([2H])Oc1cc2c(cc1OC)C1([2H])N(CC2)C([2H])([2H])C([2H])(CC(C)C)C([2H])(OC(=O)[C@@H](N)C(C)C)C1([2H])[2H].[2H]C([2H])([2H])Oc1cc2c(cc1OC)C1([2H])N(CC2)C([2H])([2H])C([2H])(CC(C)C)C([2H])(OC(=O)[C@@H](N)C(C)C)C1([2H])[2H].[2H]C1([2H])N2CCc3cc(OC)c(OC)cc3C2([2H])C([2H])([2H])C([2H])(OC(=O)[C@@H](N)C(C)C)C1([2H])CC(C)C. The molecular weight excluding hydrogens is 1140 g/mol. The van der Waals surface area contributed by atoms with Crippen LogP contribution < -0.4 is 45.6 Å². The highest BCUT2D eigenvalue weighted by molar-refractivity contribution is 5.77. The summed E-state index contributed by atoms with van der Waals surface area (Å²) < 4.78 is 288. The van der Waals surface area contributed by atoms with Gasteiger partial charge in [0.25, 0.3) is 0 Å². The first-order valence-corrected chi connectivity index (χ1v) is 30.7. The van der Waals surface area contributed by atoms with Crippen LogP contribution in [0.4, 0.5) is 0 Å². The van der Waals surface area contributed by atoms with Crippen LogP contribution in [0.5, 0.6) is 34.5 Å². The molecule has 0 bridgehead atoms. The highest BCUT2D eigenvalue weighted by atomic mass is 16.6. The topological polar surface area (TPSA) is 222 Å². The smallest absolute Gasteiger partial charge is 0.323 e. The second kappa shape index (κ2) is 32.5. The van der Waals surface area contributed by atoms with Gasteiger partial charge in [0.2, 0.25) is 0 Å². The maximum Gasteiger partial charge on any atom is 0.323 e. The maximum absolute atomic E-state index is 13.1. The van der Waals surface area contributed by atoms with Gasteiger partial charge in [-0.05, 0) is 144 Å². The van der Waals surface area contributed by atoms with Crippen LogP contribution in [0.2, 0.25) is 0 Å². The lowest BCUT2D eigenvalue weighted by Crippen LogP contribution is -2.51. The summed E-state index contributed by atoms with van der Waals surface area (Å²) in [7, 11) is -0.389. The molecule has 90 heavy (non-hydrogen) atoms. The minimum atomic E-state index is -3.24. The van der Waals surface area contributed by atoms with Crippen molar-refractivity contribution in [3.8, 4) is 34.5 Å². The van der Waals surface area contributed by atoms with E-state index >= 15 is 0 Å². The third-order valence-corrected chi connectivity index (χ3v) is 15.7. The standard InChI is InChI=1S/3C24H38N2O4/c3*1-14(2)9-17-13-26-8-7-16-10-21(28-5)22(29-6)11-18(16)19(26)12-20(17)30-24(27)23(25)15(3)4/h3*10-11,14-15,17,19-20,23H,7-9,12-13,25H2,1-6H3/t3*17?,19?,20?,23-/m000/s1/i2*5D3,12D2,13D2,17D,19D,20D;12D2,13D2,17D,19D,20D. The summed E-state index contributed by atoms with van der Waals surface area (Å²) in [5.74, 6) is -14.1. The third kappa shape index (κ3) is 17.5. The third-order valence-electron chi connectivity index (χ3n) is 15.7. The number of nitrogens with zero attached hydrogens (tertiary/aromatic N) is 3. The molecule has 6 aliphatic heterocycles. The van der Waals surface area contributed by atoms with Crippen molar-refractivity contribution in [1.29, 1.82) is 0 Å². The number of rotatable bonds is 21. The molecule has 0 spiro atoms. The van der Waals surface area contributed by atoms with Gasteiger partial charge in [0.05, 0.1) is 59.0 Å². The molecule has 0 aromatic heterocycles. The van der Waals surface area contributed by atoms with Crippen molar-refractivity contribution in [2.24, 2.45) is 70.4 Å². The second-order valence-corrected chi connectivity index (χ2v) is 25.1. The zero-order valence-electron chi connectivity index (χ0n) is 82.0. The molecule has 0 amide bonds. The zero-order chi connectivity index (χ0) is 90.1. The molecule has 6 aliphatic rings. The quantitative estimate of drug-likeness (QED) is 0.0666. The molecule has 18 heteroatoms. The highest BCUT2D eigenvalue weighted by Gasteiger charge is 2.45. The van der Waals surface area contributed by atoms with E-state index in [4.69, 9.17) is 76.3 Å². The van der Waals surface area contributed by atoms with E-state index in [1.165, 1.54) is 58.8 Å². The van der Waals surface area contributed by atoms with Crippen molar-refractivity contribution < 1.29 is 94.0 Å². The number of carbonyl (C=O) groups is 3. The zero-order valence-corrected chi connectivity index (χ0v) is 55.0. The molecule has 0 aliphatic carbocycles. The van der Waals surface area contributed by atoms with Crippen LogP contribution in [0.1, 0.15) is 210 Å². The lowest BCUT2D eigenvalue weighted by Gasteiger charge is -2.47. The Kier molecular flexibility index (Phi) is 15.4. The van der Waals surface area contributed by atoms with E-state index in [0.717, 1.165) is 14.7 Å². The van der Waals surface area contributed by atoms with Gasteiger partial charge in [-0.3, -0.25) is 29.1 Å². The maximum atomic E-state index is 13.1. The van der Waals surface area contributed by atoms with Crippen LogP contribution in [0.3, 0.4) is 0 Å². The Morgan fingerprint density at radius 3 is 0.911 bits per heavy atom. The van der Waals surface area contributed by atoms with Crippen molar-refractivity contribution in [3.05, 3.63) is 69.8 Å². The van der Waals surface area contributed by atoms with E-state index in [-0.39, 0.29) is 121 Å². The number of methoxy groups -OCH3 is 6. The lowest BCUT2D eigenvalue weighted by molar-refractivity contribution is -0.161. The number of benzene rings is 3. The Morgan fingerprint density at radius 1 is 0.444 bits per heavy atom. The number of hydrogen-bond acceptors (Lipinski definition) is 18. The van der Waals surface area contributed by atoms with E-state index in [1.54, 1.807) is 89.2 Å². The fraction of sp³-hybridized carbons (Fsp3) is 0.708. The van der Waals surface area contributed by atoms with Gasteiger partial charge in [-0.15, -0.1) is 0 Å². The average molecular weight is 1280 g/mol. The van der Waals surface area contributed by atoms with Gasteiger partial charge in [0, 0.05) is 115 Å². The molecule has 3 fully saturated rings. The van der Waals surface area contributed by atoms with Crippen LogP contribution in [0.15, 0.2) is 36.4 Å². The summed E-state index contributed by atoms with van der Waals surface area (Å²) in [4.78, 5) is 42.1. The van der Waals surface area contributed by atoms with Crippen molar-refractivity contribution in [1.82, 2.24) is 14.7 Å². The summed E-state index contributed by atoms with van der Waals surface area (Å²) in [6.07, 6.45) is -19.9. The Balaban J connectivity index is 0.000000243. The molecule has 6 heterocycles.